The normalized spacial score (nSPS) is 10.9. The minimum Gasteiger partial charge on any atom is -0.490 e. The van der Waals surface area contributed by atoms with Crippen LogP contribution < -0.4 is 10.2 Å². The first-order chi connectivity index (χ1) is 14.5. The molecule has 0 unspecified atom stereocenters. The fraction of sp³-hybridized carbons (Fsp3) is 0.304. The molecule has 0 bridgehead atoms. The lowest BCUT2D eigenvalue weighted by Crippen LogP contribution is -2.21. The van der Waals surface area contributed by atoms with Gasteiger partial charge in [-0.1, -0.05) is 66.9 Å². The Morgan fingerprint density at radius 3 is 2.50 bits per heavy atom. The molecule has 0 radical (unpaired) electrons. The van der Waals surface area contributed by atoms with Crippen LogP contribution >= 0.6 is 23.2 Å². The maximum atomic E-state index is 12.9. The van der Waals surface area contributed by atoms with Gasteiger partial charge >= 0.3 is 5.97 Å². The summed E-state index contributed by atoms with van der Waals surface area (Å²) in [5.41, 5.74) is 1.57. The van der Waals surface area contributed by atoms with Crippen molar-refractivity contribution in [3.8, 4) is 16.9 Å². The van der Waals surface area contributed by atoms with Gasteiger partial charge in [0.2, 0.25) is 5.43 Å². The van der Waals surface area contributed by atoms with Gasteiger partial charge in [-0.3, -0.25) is 4.79 Å². The summed E-state index contributed by atoms with van der Waals surface area (Å²) in [4.78, 5) is 25.8. The minimum atomic E-state index is -0.527. The maximum absolute atomic E-state index is 12.9. The van der Waals surface area contributed by atoms with Crippen molar-refractivity contribution in [1.82, 2.24) is 4.57 Å². The predicted molar refractivity (Wildman–Crippen MR) is 119 cm³/mol. The molecular weight excluding hydrogens is 425 g/mol. The number of carbonyl (C=O) groups is 1. The fourth-order valence-electron chi connectivity index (χ4n) is 3.19. The summed E-state index contributed by atoms with van der Waals surface area (Å²) in [6.07, 6.45) is 3.33. The van der Waals surface area contributed by atoms with Gasteiger partial charge < -0.3 is 14.0 Å². The summed E-state index contributed by atoms with van der Waals surface area (Å²) in [5, 5.41) is 0.0592. The molecule has 1 aliphatic carbocycles. The van der Waals surface area contributed by atoms with Crippen molar-refractivity contribution in [1.29, 1.82) is 0 Å². The van der Waals surface area contributed by atoms with Crippen LogP contribution in [0.1, 0.15) is 42.7 Å². The highest BCUT2D eigenvalue weighted by Gasteiger charge is 2.27. The topological polar surface area (TPSA) is 57.5 Å². The first-order valence-electron chi connectivity index (χ1n) is 9.86. The zero-order valence-electron chi connectivity index (χ0n) is 16.9. The molecule has 30 heavy (non-hydrogen) atoms. The molecule has 158 valence electrons. The molecule has 0 N–H and O–H groups in total. The van der Waals surface area contributed by atoms with Gasteiger partial charge in [0.1, 0.15) is 5.02 Å². The van der Waals surface area contributed by atoms with Crippen molar-refractivity contribution in [3.63, 3.8) is 0 Å². The van der Waals surface area contributed by atoms with Crippen molar-refractivity contribution >= 4 is 29.2 Å². The van der Waals surface area contributed by atoms with Crippen LogP contribution in [0.5, 0.6) is 5.75 Å². The molecule has 1 aromatic rings. The highest BCUT2D eigenvalue weighted by Crippen LogP contribution is 2.38. The summed E-state index contributed by atoms with van der Waals surface area (Å²) < 4.78 is 13.0. The van der Waals surface area contributed by atoms with Crippen molar-refractivity contribution < 1.29 is 14.3 Å². The second-order valence-electron chi connectivity index (χ2n) is 6.81. The number of fused-ring (bicyclic) bond motifs is 1. The molecule has 0 aromatic heterocycles. The van der Waals surface area contributed by atoms with Gasteiger partial charge in [-0.25, -0.2) is 4.79 Å². The molecule has 0 amide bonds. The molecule has 3 rings (SSSR count). The second kappa shape index (κ2) is 10.0. The number of rotatable bonds is 8. The van der Waals surface area contributed by atoms with Crippen LogP contribution in [-0.4, -0.2) is 23.8 Å². The molecule has 0 atom stereocenters. The summed E-state index contributed by atoms with van der Waals surface area (Å²) in [6, 6.07) is 11.2. The van der Waals surface area contributed by atoms with E-state index in [9.17, 15) is 9.59 Å². The quantitative estimate of drug-likeness (QED) is 0.330. The Morgan fingerprint density at radius 1 is 1.10 bits per heavy atom. The number of aromatic nitrogens is 1. The Bertz CT molecular complexity index is 1060. The van der Waals surface area contributed by atoms with E-state index < -0.39 is 11.4 Å². The molecule has 5 nitrogen and oxygen atoms in total. The number of ether oxygens (including phenoxy) is 2. The molecular formula is C23H23Cl2NO4. The summed E-state index contributed by atoms with van der Waals surface area (Å²) in [6.45, 7) is 4.74. The third-order valence-electron chi connectivity index (χ3n) is 4.66. The molecule has 1 heterocycles. The Morgan fingerprint density at radius 2 is 1.83 bits per heavy atom. The minimum absolute atomic E-state index is 0.0566. The van der Waals surface area contributed by atoms with E-state index in [2.05, 4.69) is 0 Å². The number of hydrogen-bond acceptors (Lipinski definition) is 4. The van der Waals surface area contributed by atoms with E-state index in [1.807, 2.05) is 37.3 Å². The lowest BCUT2D eigenvalue weighted by molar-refractivity contribution is 0.0507. The zero-order chi connectivity index (χ0) is 21.7. The lowest BCUT2D eigenvalue weighted by Gasteiger charge is -2.22. The van der Waals surface area contributed by atoms with Crippen molar-refractivity contribution in [2.75, 3.05) is 13.2 Å². The molecule has 1 aliphatic heterocycles. The molecule has 0 saturated heterocycles. The lowest BCUT2D eigenvalue weighted by atomic mass is 10.0. The van der Waals surface area contributed by atoms with E-state index in [0.717, 1.165) is 18.4 Å². The first-order valence-corrected chi connectivity index (χ1v) is 10.6. The average Bonchev–Trinajstić information content (AvgIpc) is 2.74. The summed E-state index contributed by atoms with van der Waals surface area (Å²) in [7, 11) is 0. The highest BCUT2D eigenvalue weighted by molar-refractivity contribution is 6.42. The first kappa shape index (κ1) is 22.2. The third kappa shape index (κ3) is 4.63. The molecule has 2 aliphatic rings. The number of nitrogens with zero attached hydrogens (tertiary/aromatic N) is 1. The van der Waals surface area contributed by atoms with Crippen LogP contribution in [0, 0.1) is 0 Å². The monoisotopic (exact) mass is 447 g/mol. The molecule has 7 heteroatoms. The summed E-state index contributed by atoms with van der Waals surface area (Å²) in [5.74, 6) is -0.244. The van der Waals surface area contributed by atoms with Crippen LogP contribution in [0.15, 0.2) is 47.4 Å². The Balaban J connectivity index is 2.30. The average molecular weight is 448 g/mol. The molecule has 0 spiro atoms. The van der Waals surface area contributed by atoms with Gasteiger partial charge in [-0.2, -0.15) is 0 Å². The fourth-order valence-corrected chi connectivity index (χ4v) is 3.54. The van der Waals surface area contributed by atoms with Crippen LogP contribution in [0.4, 0.5) is 0 Å². The van der Waals surface area contributed by atoms with E-state index >= 15 is 0 Å². The van der Waals surface area contributed by atoms with Crippen LogP contribution in [-0.2, 0) is 11.3 Å². The number of pyridine rings is 1. The van der Waals surface area contributed by atoms with Gasteiger partial charge in [-0.05, 0) is 25.0 Å². The number of benzene rings is 2. The largest absolute Gasteiger partial charge is 0.490 e. The van der Waals surface area contributed by atoms with Gasteiger partial charge in [0.15, 0.2) is 11.4 Å². The van der Waals surface area contributed by atoms with Crippen molar-refractivity contribution in [2.24, 2.45) is 0 Å². The SMILES string of the molecule is CCCCOc1c2cc(Cl)c(Cl)c(=O)c-2cn(Cc2ccccc2)c1C(=O)OCC. The zero-order valence-corrected chi connectivity index (χ0v) is 18.4. The maximum Gasteiger partial charge on any atom is 0.358 e. The molecule has 0 saturated carbocycles. The number of carbonyl (C=O) groups excluding carboxylic acids is 1. The second-order valence-corrected chi connectivity index (χ2v) is 7.59. The number of esters is 1. The summed E-state index contributed by atoms with van der Waals surface area (Å²) >= 11 is 12.3. The van der Waals surface area contributed by atoms with E-state index in [-0.39, 0.29) is 28.1 Å². The van der Waals surface area contributed by atoms with Crippen LogP contribution in [0.25, 0.3) is 11.1 Å². The van der Waals surface area contributed by atoms with E-state index in [1.165, 1.54) is 0 Å². The standard InChI is InChI=1S/C23H23Cl2NO4/c1-3-5-11-30-22-16-12-18(24)19(25)21(27)17(16)14-26(20(22)23(28)29-4-2)13-15-9-7-6-8-10-15/h6-10,12,14H,3-5,11,13H2,1-2H3. The van der Waals surface area contributed by atoms with Gasteiger partial charge in [-0.15, -0.1) is 0 Å². The van der Waals surface area contributed by atoms with Gasteiger partial charge in [0.25, 0.3) is 0 Å². The number of unbranched alkanes of at least 4 members (excludes halogenated alkanes) is 1. The number of halogens is 2. The predicted octanol–water partition coefficient (Wildman–Crippen LogP) is 5.66. The van der Waals surface area contributed by atoms with E-state index in [0.29, 0.717) is 24.3 Å². The Labute approximate surface area is 185 Å². The van der Waals surface area contributed by atoms with Crippen molar-refractivity contribution in [3.05, 3.63) is 74.1 Å². The van der Waals surface area contributed by atoms with Gasteiger partial charge in [0.05, 0.1) is 23.8 Å². The molecule has 1 aromatic carbocycles. The van der Waals surface area contributed by atoms with Crippen LogP contribution in [0.3, 0.4) is 0 Å². The number of hydrogen-bond donors (Lipinski definition) is 0. The Hall–Kier alpha value is -2.50. The van der Waals surface area contributed by atoms with Crippen LogP contribution in [0.2, 0.25) is 10.0 Å². The van der Waals surface area contributed by atoms with E-state index in [1.54, 1.807) is 23.8 Å². The van der Waals surface area contributed by atoms with E-state index in [4.69, 9.17) is 32.7 Å². The smallest absolute Gasteiger partial charge is 0.358 e. The third-order valence-corrected chi connectivity index (χ3v) is 5.43. The van der Waals surface area contributed by atoms with Crippen molar-refractivity contribution in [2.45, 2.75) is 33.2 Å². The Kier molecular flexibility index (Phi) is 7.40. The van der Waals surface area contributed by atoms with Gasteiger partial charge in [0, 0.05) is 18.3 Å². The molecule has 0 fully saturated rings. The highest BCUT2D eigenvalue weighted by atomic mass is 35.5.